The number of non-ortho nitro benzene ring substituents is 1. The van der Waals surface area contributed by atoms with Crippen LogP contribution >= 0.6 is 0 Å². The van der Waals surface area contributed by atoms with Crippen LogP contribution in [0.3, 0.4) is 0 Å². The molecule has 2 unspecified atom stereocenters. The minimum atomic E-state index is -0.607. The lowest BCUT2D eigenvalue weighted by molar-refractivity contribution is -0.385. The van der Waals surface area contributed by atoms with E-state index in [1.807, 2.05) is 4.90 Å². The van der Waals surface area contributed by atoms with Crippen LogP contribution in [-0.2, 0) is 4.74 Å². The van der Waals surface area contributed by atoms with Crippen molar-refractivity contribution in [2.75, 3.05) is 25.1 Å². The molecular formula is C13H18FN3O3. The molecule has 0 aliphatic carbocycles. The van der Waals surface area contributed by atoms with E-state index in [0.29, 0.717) is 18.8 Å². The average Bonchev–Trinajstić information content (AvgIpc) is 2.46. The Morgan fingerprint density at radius 3 is 2.90 bits per heavy atom. The van der Waals surface area contributed by atoms with E-state index in [9.17, 15) is 14.5 Å². The van der Waals surface area contributed by atoms with Crippen LogP contribution in [0.15, 0.2) is 18.2 Å². The van der Waals surface area contributed by atoms with Gasteiger partial charge in [-0.3, -0.25) is 10.1 Å². The molecule has 0 bridgehead atoms. The smallest absolute Gasteiger partial charge is 0.272 e. The lowest BCUT2D eigenvalue weighted by Crippen LogP contribution is -2.49. The third kappa shape index (κ3) is 2.88. The van der Waals surface area contributed by atoms with Crippen molar-refractivity contribution in [3.8, 4) is 0 Å². The number of ether oxygens (including phenoxy) is 1. The minimum Gasteiger partial charge on any atom is -0.381 e. The first-order chi connectivity index (χ1) is 9.56. The lowest BCUT2D eigenvalue weighted by Gasteiger charge is -2.40. The molecule has 0 spiro atoms. The standard InChI is InChI=1S/C13H18FN3O3/c1-20-11-4-5-16(10(6-11)8-15)13-3-2-9(17(18)19)7-12(13)14/h2-3,7,10-11H,4-6,8,15H2,1H3. The highest BCUT2D eigenvalue weighted by Crippen LogP contribution is 2.30. The molecule has 2 atom stereocenters. The summed E-state index contributed by atoms with van der Waals surface area (Å²) in [7, 11) is 1.65. The zero-order chi connectivity index (χ0) is 14.7. The van der Waals surface area contributed by atoms with Gasteiger partial charge in [0, 0.05) is 32.3 Å². The van der Waals surface area contributed by atoms with Gasteiger partial charge in [0.05, 0.1) is 22.8 Å². The first-order valence-corrected chi connectivity index (χ1v) is 6.50. The van der Waals surface area contributed by atoms with Gasteiger partial charge in [0.15, 0.2) is 5.82 Å². The van der Waals surface area contributed by atoms with E-state index in [0.717, 1.165) is 18.9 Å². The summed E-state index contributed by atoms with van der Waals surface area (Å²) in [5, 5.41) is 10.6. The summed E-state index contributed by atoms with van der Waals surface area (Å²) >= 11 is 0. The highest BCUT2D eigenvalue weighted by atomic mass is 19.1. The molecule has 0 aromatic heterocycles. The van der Waals surface area contributed by atoms with Crippen molar-refractivity contribution in [2.45, 2.75) is 25.0 Å². The zero-order valence-corrected chi connectivity index (χ0v) is 11.3. The first kappa shape index (κ1) is 14.7. The van der Waals surface area contributed by atoms with Crippen LogP contribution < -0.4 is 10.6 Å². The number of benzene rings is 1. The molecule has 1 aliphatic heterocycles. The first-order valence-electron chi connectivity index (χ1n) is 6.50. The van der Waals surface area contributed by atoms with Crippen LogP contribution in [0.5, 0.6) is 0 Å². The zero-order valence-electron chi connectivity index (χ0n) is 11.3. The average molecular weight is 283 g/mol. The number of nitrogens with two attached hydrogens (primary N) is 1. The number of methoxy groups -OCH3 is 1. The number of anilines is 1. The normalized spacial score (nSPS) is 22.9. The second kappa shape index (κ2) is 6.15. The van der Waals surface area contributed by atoms with Gasteiger partial charge in [0.25, 0.3) is 5.69 Å². The Hall–Kier alpha value is -1.73. The fourth-order valence-electron chi connectivity index (χ4n) is 2.61. The molecule has 7 heteroatoms. The molecule has 20 heavy (non-hydrogen) atoms. The summed E-state index contributed by atoms with van der Waals surface area (Å²) < 4.78 is 19.4. The molecule has 6 nitrogen and oxygen atoms in total. The Labute approximate surface area is 116 Å². The fraction of sp³-hybridized carbons (Fsp3) is 0.538. The maximum absolute atomic E-state index is 14.1. The quantitative estimate of drug-likeness (QED) is 0.671. The number of nitro benzene ring substituents is 1. The van der Waals surface area contributed by atoms with Crippen molar-refractivity contribution in [1.29, 1.82) is 0 Å². The van der Waals surface area contributed by atoms with E-state index in [1.165, 1.54) is 12.1 Å². The monoisotopic (exact) mass is 283 g/mol. The molecule has 1 aromatic rings. The van der Waals surface area contributed by atoms with Gasteiger partial charge in [-0.25, -0.2) is 4.39 Å². The van der Waals surface area contributed by atoms with Gasteiger partial charge in [-0.05, 0) is 18.9 Å². The van der Waals surface area contributed by atoms with E-state index < -0.39 is 10.7 Å². The Balaban J connectivity index is 2.24. The van der Waals surface area contributed by atoms with Crippen molar-refractivity contribution in [3.05, 3.63) is 34.1 Å². The van der Waals surface area contributed by atoms with Gasteiger partial charge >= 0.3 is 0 Å². The van der Waals surface area contributed by atoms with Crippen molar-refractivity contribution in [1.82, 2.24) is 0 Å². The van der Waals surface area contributed by atoms with Gasteiger partial charge < -0.3 is 15.4 Å². The van der Waals surface area contributed by atoms with Crippen molar-refractivity contribution < 1.29 is 14.1 Å². The third-order valence-corrected chi connectivity index (χ3v) is 3.72. The summed E-state index contributed by atoms with van der Waals surface area (Å²) in [6, 6.07) is 3.69. The van der Waals surface area contributed by atoms with Crippen LogP contribution in [0.4, 0.5) is 15.8 Å². The third-order valence-electron chi connectivity index (χ3n) is 3.72. The number of nitro groups is 1. The van der Waals surface area contributed by atoms with Crippen LogP contribution in [0.25, 0.3) is 0 Å². The number of nitrogens with zero attached hydrogens (tertiary/aromatic N) is 2. The van der Waals surface area contributed by atoms with Gasteiger partial charge in [-0.2, -0.15) is 0 Å². The van der Waals surface area contributed by atoms with Gasteiger partial charge in [-0.1, -0.05) is 0 Å². The Kier molecular flexibility index (Phi) is 4.51. The molecule has 1 saturated heterocycles. The van der Waals surface area contributed by atoms with E-state index in [2.05, 4.69) is 0 Å². The molecule has 0 radical (unpaired) electrons. The van der Waals surface area contributed by atoms with Gasteiger partial charge in [-0.15, -0.1) is 0 Å². The summed E-state index contributed by atoms with van der Waals surface area (Å²) in [5.74, 6) is -0.589. The fourth-order valence-corrected chi connectivity index (χ4v) is 2.61. The van der Waals surface area contributed by atoms with E-state index in [4.69, 9.17) is 10.5 Å². The molecule has 1 aromatic carbocycles. The topological polar surface area (TPSA) is 81.6 Å². The predicted molar refractivity (Wildman–Crippen MR) is 73.3 cm³/mol. The van der Waals surface area contributed by atoms with Gasteiger partial charge in [0.2, 0.25) is 0 Å². The number of hydrogen-bond donors (Lipinski definition) is 1. The van der Waals surface area contributed by atoms with Crippen molar-refractivity contribution in [3.63, 3.8) is 0 Å². The molecular weight excluding hydrogens is 265 g/mol. The second-order valence-electron chi connectivity index (χ2n) is 4.86. The Bertz CT molecular complexity index is 498. The molecule has 0 amide bonds. The number of halogens is 1. The van der Waals surface area contributed by atoms with Crippen LogP contribution in [0.1, 0.15) is 12.8 Å². The Morgan fingerprint density at radius 1 is 1.60 bits per heavy atom. The molecule has 2 N–H and O–H groups in total. The summed E-state index contributed by atoms with van der Waals surface area (Å²) in [6.07, 6.45) is 1.63. The lowest BCUT2D eigenvalue weighted by atomic mass is 9.98. The number of rotatable bonds is 4. The number of piperidine rings is 1. The Morgan fingerprint density at radius 2 is 2.35 bits per heavy atom. The second-order valence-corrected chi connectivity index (χ2v) is 4.86. The maximum Gasteiger partial charge on any atom is 0.272 e. The highest BCUT2D eigenvalue weighted by molar-refractivity contribution is 5.53. The van der Waals surface area contributed by atoms with Crippen molar-refractivity contribution in [2.24, 2.45) is 5.73 Å². The highest BCUT2D eigenvalue weighted by Gasteiger charge is 2.29. The van der Waals surface area contributed by atoms with Crippen LogP contribution in [0, 0.1) is 15.9 Å². The minimum absolute atomic E-state index is 0.0235. The largest absolute Gasteiger partial charge is 0.381 e. The van der Waals surface area contributed by atoms with Crippen LogP contribution in [-0.4, -0.2) is 37.3 Å². The summed E-state index contributed by atoms with van der Waals surface area (Å²) in [4.78, 5) is 11.9. The van der Waals surface area contributed by atoms with E-state index in [1.54, 1.807) is 7.11 Å². The van der Waals surface area contributed by atoms with E-state index >= 15 is 0 Å². The maximum atomic E-state index is 14.1. The number of hydrogen-bond acceptors (Lipinski definition) is 5. The van der Waals surface area contributed by atoms with Crippen LogP contribution in [0.2, 0.25) is 0 Å². The molecule has 2 rings (SSSR count). The van der Waals surface area contributed by atoms with E-state index in [-0.39, 0.29) is 17.8 Å². The molecule has 1 aliphatic rings. The SMILES string of the molecule is COC1CCN(c2ccc([N+](=O)[O-])cc2F)C(CN)C1. The van der Waals surface area contributed by atoms with Crippen molar-refractivity contribution >= 4 is 11.4 Å². The predicted octanol–water partition coefficient (Wildman–Crippen LogP) is 1.68. The molecule has 110 valence electrons. The molecule has 1 fully saturated rings. The molecule has 0 saturated carbocycles. The summed E-state index contributed by atoms with van der Waals surface area (Å²) in [6.45, 7) is 1.01. The summed E-state index contributed by atoms with van der Waals surface area (Å²) in [5.41, 5.74) is 5.86. The van der Waals surface area contributed by atoms with Gasteiger partial charge in [0.1, 0.15) is 0 Å². The molecule has 1 heterocycles.